The number of anilines is 1. The third-order valence-electron chi connectivity index (χ3n) is 5.41. The number of hydrogen-bond acceptors (Lipinski definition) is 6. The average Bonchev–Trinajstić information content (AvgIpc) is 2.77. The van der Waals surface area contributed by atoms with E-state index in [-0.39, 0.29) is 48.2 Å². The van der Waals surface area contributed by atoms with Gasteiger partial charge < -0.3 is 4.90 Å². The Kier molecular flexibility index (Phi) is 6.12. The molecule has 9 nitrogen and oxygen atoms in total. The van der Waals surface area contributed by atoms with Crippen LogP contribution in [0.15, 0.2) is 59.6 Å². The van der Waals surface area contributed by atoms with Gasteiger partial charge in [0.05, 0.1) is 23.0 Å². The van der Waals surface area contributed by atoms with Crippen LogP contribution < -0.4 is 4.72 Å². The Morgan fingerprint density at radius 2 is 1.67 bits per heavy atom. The number of benzene rings is 2. The van der Waals surface area contributed by atoms with Crippen molar-refractivity contribution in [1.29, 1.82) is 0 Å². The molecule has 2 aromatic carbocycles. The number of rotatable bonds is 5. The number of nitrogens with one attached hydrogen (secondary N) is 1. The molecule has 0 radical (unpaired) electrons. The van der Waals surface area contributed by atoms with Gasteiger partial charge in [0.2, 0.25) is 20.0 Å². The van der Waals surface area contributed by atoms with Gasteiger partial charge in [-0.1, -0.05) is 24.3 Å². The highest BCUT2D eigenvalue weighted by Gasteiger charge is 2.32. The van der Waals surface area contributed by atoms with Crippen molar-refractivity contribution in [2.45, 2.75) is 11.8 Å². The zero-order chi connectivity index (χ0) is 23.8. The highest BCUT2D eigenvalue weighted by molar-refractivity contribution is 7.92. The maximum Gasteiger partial charge on any atom is 0.256 e. The van der Waals surface area contributed by atoms with Crippen molar-refractivity contribution in [3.8, 4) is 0 Å². The molecule has 0 spiro atoms. The number of nitrogens with zero attached hydrogens (tertiary/aromatic N) is 3. The van der Waals surface area contributed by atoms with Crippen LogP contribution >= 0.6 is 0 Å². The molecule has 4 rings (SSSR count). The van der Waals surface area contributed by atoms with Crippen LogP contribution in [0.5, 0.6) is 0 Å². The molecule has 1 N–H and O–H groups in total. The second kappa shape index (κ2) is 8.73. The first kappa shape index (κ1) is 23.1. The zero-order valence-corrected chi connectivity index (χ0v) is 19.9. The Balaban J connectivity index is 1.54. The van der Waals surface area contributed by atoms with Crippen LogP contribution in [0, 0.1) is 6.92 Å². The fourth-order valence-electron chi connectivity index (χ4n) is 3.85. The normalized spacial score (nSPS) is 15.5. The van der Waals surface area contributed by atoms with Gasteiger partial charge in [-0.15, -0.1) is 0 Å². The number of para-hydroxylation sites is 2. The van der Waals surface area contributed by atoms with Gasteiger partial charge >= 0.3 is 0 Å². The van der Waals surface area contributed by atoms with Crippen LogP contribution in [0.25, 0.3) is 10.9 Å². The maximum absolute atomic E-state index is 13.3. The fourth-order valence-corrected chi connectivity index (χ4v) is 6.02. The Labute approximate surface area is 193 Å². The van der Waals surface area contributed by atoms with Gasteiger partial charge in [-0.25, -0.2) is 16.8 Å². The van der Waals surface area contributed by atoms with E-state index in [9.17, 15) is 21.6 Å². The third kappa shape index (κ3) is 4.85. The van der Waals surface area contributed by atoms with E-state index in [1.165, 1.54) is 15.3 Å². The van der Waals surface area contributed by atoms with E-state index in [1.54, 1.807) is 36.5 Å². The lowest BCUT2D eigenvalue weighted by Gasteiger charge is -2.34. The number of piperazine rings is 1. The van der Waals surface area contributed by atoms with Gasteiger partial charge in [0.15, 0.2) is 0 Å². The first-order chi connectivity index (χ1) is 15.6. The lowest BCUT2D eigenvalue weighted by Crippen LogP contribution is -2.50. The molecule has 1 aliphatic rings. The summed E-state index contributed by atoms with van der Waals surface area (Å²) in [5, 5.41) is 0.750. The predicted molar refractivity (Wildman–Crippen MR) is 126 cm³/mol. The van der Waals surface area contributed by atoms with Crippen LogP contribution in [-0.2, 0) is 20.0 Å². The fraction of sp³-hybridized carbons (Fsp3) is 0.273. The summed E-state index contributed by atoms with van der Waals surface area (Å²) in [7, 11) is -7.36. The molecule has 1 aromatic heterocycles. The van der Waals surface area contributed by atoms with Crippen LogP contribution in [0.1, 0.15) is 15.9 Å². The van der Waals surface area contributed by atoms with Crippen molar-refractivity contribution in [3.05, 3.63) is 65.9 Å². The Morgan fingerprint density at radius 1 is 0.970 bits per heavy atom. The maximum atomic E-state index is 13.3. The molecular weight excluding hydrogens is 464 g/mol. The quantitative estimate of drug-likeness (QED) is 0.588. The van der Waals surface area contributed by atoms with Crippen molar-refractivity contribution in [1.82, 2.24) is 14.2 Å². The molecule has 0 saturated carbocycles. The number of amides is 1. The van der Waals surface area contributed by atoms with Crippen LogP contribution in [-0.4, -0.2) is 69.4 Å². The van der Waals surface area contributed by atoms with Gasteiger partial charge in [-0.3, -0.25) is 14.5 Å². The molecule has 0 bridgehead atoms. The van der Waals surface area contributed by atoms with E-state index in [4.69, 9.17) is 0 Å². The van der Waals surface area contributed by atoms with E-state index < -0.39 is 20.0 Å². The monoisotopic (exact) mass is 488 g/mol. The lowest BCUT2D eigenvalue weighted by molar-refractivity contribution is 0.0699. The minimum absolute atomic E-state index is 0.123. The summed E-state index contributed by atoms with van der Waals surface area (Å²) in [5.41, 5.74) is 1.77. The molecule has 1 fully saturated rings. The van der Waals surface area contributed by atoms with Crippen LogP contribution in [0.3, 0.4) is 0 Å². The summed E-state index contributed by atoms with van der Waals surface area (Å²) in [4.78, 5) is 19.1. The van der Waals surface area contributed by atoms with E-state index in [0.717, 1.165) is 17.2 Å². The van der Waals surface area contributed by atoms with Crippen LogP contribution in [0.4, 0.5) is 5.69 Å². The molecule has 1 saturated heterocycles. The van der Waals surface area contributed by atoms with Crippen molar-refractivity contribution in [2.24, 2.45) is 0 Å². The summed E-state index contributed by atoms with van der Waals surface area (Å²) in [6.07, 6.45) is 2.65. The molecule has 0 unspecified atom stereocenters. The molecule has 33 heavy (non-hydrogen) atoms. The molecule has 1 aliphatic heterocycles. The predicted octanol–water partition coefficient (Wildman–Crippen LogP) is 2.06. The third-order valence-corrected chi connectivity index (χ3v) is 7.93. The van der Waals surface area contributed by atoms with Gasteiger partial charge in [0, 0.05) is 37.8 Å². The minimum atomic E-state index is -3.81. The topological polar surface area (TPSA) is 117 Å². The van der Waals surface area contributed by atoms with E-state index in [2.05, 4.69) is 9.71 Å². The van der Waals surface area contributed by atoms with E-state index >= 15 is 0 Å². The SMILES string of the molecule is Cc1cnc2c(S(=O)(=O)N3CCN(C(=O)c4ccccc4NS(C)(=O)=O)CC3)cccc2c1. The number of aryl methyl sites for hydroxylation is 1. The lowest BCUT2D eigenvalue weighted by atomic mass is 10.1. The smallest absolute Gasteiger partial charge is 0.256 e. The number of fused-ring (bicyclic) bond motifs is 1. The van der Waals surface area contributed by atoms with Gasteiger partial charge in [-0.05, 0) is 36.8 Å². The molecule has 0 atom stereocenters. The van der Waals surface area contributed by atoms with Crippen molar-refractivity contribution in [3.63, 3.8) is 0 Å². The van der Waals surface area contributed by atoms with Crippen molar-refractivity contribution in [2.75, 3.05) is 37.2 Å². The number of aromatic nitrogens is 1. The highest BCUT2D eigenvalue weighted by atomic mass is 32.2. The van der Waals surface area contributed by atoms with E-state index in [1.807, 2.05) is 19.1 Å². The number of sulfonamides is 2. The summed E-state index contributed by atoms with van der Waals surface area (Å²) in [6, 6.07) is 13.3. The summed E-state index contributed by atoms with van der Waals surface area (Å²) >= 11 is 0. The molecule has 3 aromatic rings. The Hall–Kier alpha value is -3.02. The summed E-state index contributed by atoms with van der Waals surface area (Å²) in [5.74, 6) is -0.360. The molecular formula is C22H24N4O5S2. The minimum Gasteiger partial charge on any atom is -0.336 e. The highest BCUT2D eigenvalue weighted by Crippen LogP contribution is 2.26. The molecule has 2 heterocycles. The number of carbonyl (C=O) groups excluding carboxylic acids is 1. The number of pyridine rings is 1. The summed E-state index contributed by atoms with van der Waals surface area (Å²) < 4.78 is 53.7. The second-order valence-electron chi connectivity index (χ2n) is 7.96. The van der Waals surface area contributed by atoms with Crippen LogP contribution in [0.2, 0.25) is 0 Å². The van der Waals surface area contributed by atoms with Crippen molar-refractivity contribution < 1.29 is 21.6 Å². The first-order valence-electron chi connectivity index (χ1n) is 10.3. The molecule has 1 amide bonds. The first-order valence-corrected chi connectivity index (χ1v) is 13.6. The Bertz CT molecular complexity index is 1430. The second-order valence-corrected chi connectivity index (χ2v) is 11.6. The number of hydrogen-bond donors (Lipinski definition) is 1. The zero-order valence-electron chi connectivity index (χ0n) is 18.2. The van der Waals surface area contributed by atoms with E-state index in [0.29, 0.717) is 5.52 Å². The van der Waals surface area contributed by atoms with Gasteiger partial charge in [0.25, 0.3) is 5.91 Å². The summed E-state index contributed by atoms with van der Waals surface area (Å²) in [6.45, 7) is 2.51. The Morgan fingerprint density at radius 3 is 2.36 bits per heavy atom. The largest absolute Gasteiger partial charge is 0.336 e. The van der Waals surface area contributed by atoms with Gasteiger partial charge in [-0.2, -0.15) is 4.31 Å². The van der Waals surface area contributed by atoms with Crippen molar-refractivity contribution >= 4 is 42.5 Å². The van der Waals surface area contributed by atoms with Gasteiger partial charge in [0.1, 0.15) is 4.90 Å². The molecule has 11 heteroatoms. The molecule has 0 aliphatic carbocycles. The number of carbonyl (C=O) groups is 1. The standard InChI is InChI=1S/C22H24N4O5S2/c1-16-14-17-6-5-9-20(21(17)23-15-16)33(30,31)26-12-10-25(11-13-26)22(27)18-7-3-4-8-19(18)24-32(2,28)29/h3-9,14-15,24H,10-13H2,1-2H3. The molecule has 174 valence electrons. The average molecular weight is 489 g/mol.